The van der Waals surface area contributed by atoms with Crippen LogP contribution in [-0.4, -0.2) is 25.0 Å². The average Bonchev–Trinajstić information content (AvgIpc) is 2.43. The fourth-order valence-electron chi connectivity index (χ4n) is 1.76. The van der Waals surface area contributed by atoms with Gasteiger partial charge in [0.1, 0.15) is 0 Å². The Bertz CT molecular complexity index is 432. The summed E-state index contributed by atoms with van der Waals surface area (Å²) in [4.78, 5) is 23.4. The summed E-state index contributed by atoms with van der Waals surface area (Å²) < 4.78 is 4.74. The molecule has 0 saturated heterocycles. The van der Waals surface area contributed by atoms with Gasteiger partial charge in [-0.1, -0.05) is 30.3 Å². The number of nitrogens with two attached hydrogens (primary N) is 1. The summed E-state index contributed by atoms with van der Waals surface area (Å²) >= 11 is 0. The summed E-state index contributed by atoms with van der Waals surface area (Å²) in [5.74, 6) is -1.17. The van der Waals surface area contributed by atoms with Gasteiger partial charge >= 0.3 is 5.97 Å². The lowest BCUT2D eigenvalue weighted by molar-refractivity contribution is -0.146. The lowest BCUT2D eigenvalue weighted by Gasteiger charge is -2.24. The van der Waals surface area contributed by atoms with Crippen molar-refractivity contribution in [2.24, 2.45) is 11.7 Å². The Morgan fingerprint density at radius 2 is 1.79 bits per heavy atom. The van der Waals surface area contributed by atoms with Crippen LogP contribution in [0.25, 0.3) is 0 Å². The van der Waals surface area contributed by atoms with Crippen LogP contribution in [0.4, 0.5) is 0 Å². The number of amides is 1. The minimum absolute atomic E-state index is 0.301. The average molecular weight is 264 g/mol. The number of carbonyl (C=O) groups excluding carboxylic acids is 2. The molecule has 0 aromatic heterocycles. The molecule has 1 rings (SSSR count). The molecule has 0 aliphatic rings. The number of nitrogens with one attached hydrogen (secondary N) is 1. The third-order valence-electron chi connectivity index (χ3n) is 2.94. The minimum Gasteiger partial charge on any atom is -0.469 e. The first-order valence-corrected chi connectivity index (χ1v) is 6.16. The Hall–Kier alpha value is -1.88. The number of methoxy groups -OCH3 is 1. The van der Waals surface area contributed by atoms with Crippen molar-refractivity contribution >= 4 is 11.9 Å². The highest BCUT2D eigenvalue weighted by Gasteiger charge is 2.28. The van der Waals surface area contributed by atoms with E-state index in [1.165, 1.54) is 7.11 Å². The molecule has 1 aromatic rings. The lowest BCUT2D eigenvalue weighted by atomic mass is 9.94. The molecular formula is C14H20N2O3. The van der Waals surface area contributed by atoms with Gasteiger partial charge in [0, 0.05) is 0 Å². The Kier molecular flexibility index (Phi) is 5.51. The predicted octanol–water partition coefficient (Wildman–Crippen LogP) is 1.00. The molecule has 0 bridgehead atoms. The zero-order valence-corrected chi connectivity index (χ0v) is 11.4. The molecule has 0 saturated carbocycles. The van der Waals surface area contributed by atoms with Crippen LogP contribution in [-0.2, 0) is 14.3 Å². The van der Waals surface area contributed by atoms with Crippen molar-refractivity contribution in [2.75, 3.05) is 7.11 Å². The first-order valence-electron chi connectivity index (χ1n) is 6.16. The van der Waals surface area contributed by atoms with Gasteiger partial charge in [-0.3, -0.25) is 9.59 Å². The number of hydrogen-bond acceptors (Lipinski definition) is 4. The molecule has 2 unspecified atom stereocenters. The van der Waals surface area contributed by atoms with Crippen molar-refractivity contribution in [1.29, 1.82) is 0 Å². The second kappa shape index (κ2) is 6.89. The van der Waals surface area contributed by atoms with Crippen LogP contribution in [0.2, 0.25) is 0 Å². The maximum absolute atomic E-state index is 11.8. The Balaban J connectivity index is 2.98. The first-order chi connectivity index (χ1) is 8.97. The van der Waals surface area contributed by atoms with Gasteiger partial charge in [0.2, 0.25) is 5.91 Å². The molecule has 5 nitrogen and oxygen atoms in total. The highest BCUT2D eigenvalue weighted by molar-refractivity contribution is 5.82. The smallest absolute Gasteiger partial charge is 0.310 e. The van der Waals surface area contributed by atoms with Crippen LogP contribution >= 0.6 is 0 Å². The third kappa shape index (κ3) is 4.06. The van der Waals surface area contributed by atoms with Gasteiger partial charge in [0.15, 0.2) is 0 Å². The fraction of sp³-hybridized carbons (Fsp3) is 0.429. The molecule has 0 radical (unpaired) electrons. The fourth-order valence-corrected chi connectivity index (χ4v) is 1.76. The van der Waals surface area contributed by atoms with E-state index in [0.29, 0.717) is 0 Å². The van der Waals surface area contributed by atoms with Crippen molar-refractivity contribution < 1.29 is 14.3 Å². The number of rotatable bonds is 5. The number of benzene rings is 1. The monoisotopic (exact) mass is 264 g/mol. The highest BCUT2D eigenvalue weighted by atomic mass is 16.5. The molecule has 0 spiro atoms. The summed E-state index contributed by atoms with van der Waals surface area (Å²) in [6.07, 6.45) is 0. The van der Waals surface area contributed by atoms with Crippen LogP contribution in [0.1, 0.15) is 25.5 Å². The minimum atomic E-state index is -0.629. The molecule has 0 fully saturated rings. The zero-order chi connectivity index (χ0) is 14.4. The second-order valence-corrected chi connectivity index (χ2v) is 4.50. The van der Waals surface area contributed by atoms with Crippen molar-refractivity contribution in [2.45, 2.75) is 25.9 Å². The molecule has 104 valence electrons. The van der Waals surface area contributed by atoms with Crippen molar-refractivity contribution in [1.82, 2.24) is 5.32 Å². The SMILES string of the molecule is COC(=O)C(C)C(NC(=O)[C@@H](C)N)c1ccccc1. The molecular weight excluding hydrogens is 244 g/mol. The van der Waals surface area contributed by atoms with E-state index in [9.17, 15) is 9.59 Å². The second-order valence-electron chi connectivity index (χ2n) is 4.50. The van der Waals surface area contributed by atoms with Gasteiger partial charge < -0.3 is 15.8 Å². The number of esters is 1. The van der Waals surface area contributed by atoms with Crippen LogP contribution in [0, 0.1) is 5.92 Å². The standard InChI is InChI=1S/C14H20N2O3/c1-9(14(18)19-3)12(16-13(17)10(2)15)11-7-5-4-6-8-11/h4-10,12H,15H2,1-3H3,(H,16,17)/t9?,10-,12?/m1/s1. The maximum Gasteiger partial charge on any atom is 0.310 e. The summed E-state index contributed by atoms with van der Waals surface area (Å²) in [7, 11) is 1.33. The maximum atomic E-state index is 11.8. The summed E-state index contributed by atoms with van der Waals surface area (Å²) in [5.41, 5.74) is 6.38. The molecule has 0 heterocycles. The van der Waals surface area contributed by atoms with Crippen LogP contribution in [0.15, 0.2) is 30.3 Å². The van der Waals surface area contributed by atoms with Gasteiger partial charge in [-0.2, -0.15) is 0 Å². The van der Waals surface area contributed by atoms with Gasteiger partial charge in [-0.25, -0.2) is 0 Å². The van der Waals surface area contributed by atoms with E-state index in [0.717, 1.165) is 5.56 Å². The third-order valence-corrected chi connectivity index (χ3v) is 2.94. The van der Waals surface area contributed by atoms with Crippen LogP contribution < -0.4 is 11.1 Å². The van der Waals surface area contributed by atoms with Crippen LogP contribution in [0.3, 0.4) is 0 Å². The predicted molar refractivity (Wildman–Crippen MR) is 72.2 cm³/mol. The molecule has 0 aliphatic heterocycles. The largest absolute Gasteiger partial charge is 0.469 e. The van der Waals surface area contributed by atoms with E-state index in [2.05, 4.69) is 5.32 Å². The Morgan fingerprint density at radius 3 is 2.26 bits per heavy atom. The van der Waals surface area contributed by atoms with Gasteiger partial charge in [-0.15, -0.1) is 0 Å². The van der Waals surface area contributed by atoms with E-state index in [4.69, 9.17) is 10.5 Å². The molecule has 1 amide bonds. The quantitative estimate of drug-likeness (QED) is 0.777. The number of ether oxygens (including phenoxy) is 1. The normalized spacial score (nSPS) is 15.2. The van der Waals surface area contributed by atoms with Crippen LogP contribution in [0.5, 0.6) is 0 Å². The van der Waals surface area contributed by atoms with E-state index < -0.39 is 18.0 Å². The van der Waals surface area contributed by atoms with Gasteiger partial charge in [-0.05, 0) is 19.4 Å². The topological polar surface area (TPSA) is 81.4 Å². The zero-order valence-electron chi connectivity index (χ0n) is 11.4. The molecule has 5 heteroatoms. The molecule has 3 N–H and O–H groups in total. The summed E-state index contributed by atoms with van der Waals surface area (Å²) in [6, 6.07) is 8.20. The van der Waals surface area contributed by atoms with E-state index in [1.807, 2.05) is 30.3 Å². The van der Waals surface area contributed by atoms with E-state index >= 15 is 0 Å². The molecule has 19 heavy (non-hydrogen) atoms. The van der Waals surface area contributed by atoms with E-state index in [-0.39, 0.29) is 11.9 Å². The molecule has 3 atom stereocenters. The Morgan fingerprint density at radius 1 is 1.21 bits per heavy atom. The Labute approximate surface area is 113 Å². The molecule has 0 aliphatic carbocycles. The number of carbonyl (C=O) groups is 2. The van der Waals surface area contributed by atoms with Gasteiger partial charge in [0.25, 0.3) is 0 Å². The summed E-state index contributed by atoms with van der Waals surface area (Å²) in [6.45, 7) is 3.31. The number of hydrogen-bond donors (Lipinski definition) is 2. The van der Waals surface area contributed by atoms with Gasteiger partial charge in [0.05, 0.1) is 25.1 Å². The summed E-state index contributed by atoms with van der Waals surface area (Å²) in [5, 5.41) is 2.78. The molecule has 1 aromatic carbocycles. The van der Waals surface area contributed by atoms with E-state index in [1.54, 1.807) is 13.8 Å². The van der Waals surface area contributed by atoms with Crippen molar-refractivity contribution in [3.8, 4) is 0 Å². The highest BCUT2D eigenvalue weighted by Crippen LogP contribution is 2.23. The first kappa shape index (κ1) is 15.2. The lowest BCUT2D eigenvalue weighted by Crippen LogP contribution is -2.43. The van der Waals surface area contributed by atoms with Crippen molar-refractivity contribution in [3.63, 3.8) is 0 Å². The van der Waals surface area contributed by atoms with Crippen molar-refractivity contribution in [3.05, 3.63) is 35.9 Å².